The number of nitrogens with zero attached hydrogens (tertiary/aromatic N) is 1. The molecule has 1 heterocycles. The van der Waals surface area contributed by atoms with E-state index >= 15 is 0 Å². The van der Waals surface area contributed by atoms with Gasteiger partial charge in [-0.15, -0.1) is 0 Å². The summed E-state index contributed by atoms with van der Waals surface area (Å²) >= 11 is 0. The minimum Gasteiger partial charge on any atom is -0.324 e. The largest absolute Gasteiger partial charge is 0.324 e. The Bertz CT molecular complexity index is 425. The van der Waals surface area contributed by atoms with Crippen molar-refractivity contribution < 1.29 is 9.59 Å². The highest BCUT2D eigenvalue weighted by Gasteiger charge is 2.20. The van der Waals surface area contributed by atoms with E-state index in [9.17, 15) is 9.59 Å². The van der Waals surface area contributed by atoms with E-state index in [2.05, 4.69) is 5.32 Å². The van der Waals surface area contributed by atoms with Crippen LogP contribution in [-0.2, 0) is 0 Å². The van der Waals surface area contributed by atoms with Crippen LogP contribution in [0.25, 0.3) is 0 Å². The van der Waals surface area contributed by atoms with Crippen LogP contribution in [0.1, 0.15) is 22.3 Å². The standard InChI is InChI=1S/C12H14N2O2/c1-9-10(8-15)4-2-5-11(9)13-12(16)14-6-3-7-14/h2,4-5,8H,3,6-7H2,1H3,(H,13,16). The lowest BCUT2D eigenvalue weighted by Crippen LogP contribution is -2.44. The van der Waals surface area contributed by atoms with E-state index in [0.29, 0.717) is 11.3 Å². The van der Waals surface area contributed by atoms with Crippen molar-refractivity contribution in [1.82, 2.24) is 4.90 Å². The van der Waals surface area contributed by atoms with Crippen LogP contribution in [0.3, 0.4) is 0 Å². The Morgan fingerprint density at radius 3 is 2.75 bits per heavy atom. The number of nitrogens with one attached hydrogen (secondary N) is 1. The van der Waals surface area contributed by atoms with Gasteiger partial charge in [-0.1, -0.05) is 12.1 Å². The smallest absolute Gasteiger partial charge is 0.321 e. The molecule has 0 spiro atoms. The van der Waals surface area contributed by atoms with Crippen molar-refractivity contribution in [2.45, 2.75) is 13.3 Å². The van der Waals surface area contributed by atoms with Gasteiger partial charge in [0.15, 0.2) is 0 Å². The molecule has 1 aliphatic rings. The summed E-state index contributed by atoms with van der Waals surface area (Å²) in [5.41, 5.74) is 2.13. The van der Waals surface area contributed by atoms with Crippen LogP contribution < -0.4 is 5.32 Å². The Labute approximate surface area is 94.2 Å². The predicted octanol–water partition coefficient (Wildman–Crippen LogP) is 2.05. The number of aldehydes is 1. The maximum absolute atomic E-state index is 11.7. The number of amides is 2. The van der Waals surface area contributed by atoms with Crippen molar-refractivity contribution in [1.29, 1.82) is 0 Å². The van der Waals surface area contributed by atoms with Gasteiger partial charge in [0.2, 0.25) is 0 Å². The second-order valence-corrected chi connectivity index (χ2v) is 3.91. The second-order valence-electron chi connectivity index (χ2n) is 3.91. The average Bonchev–Trinajstić information content (AvgIpc) is 2.18. The molecule has 2 amide bonds. The van der Waals surface area contributed by atoms with Gasteiger partial charge in [0.05, 0.1) is 0 Å². The van der Waals surface area contributed by atoms with E-state index < -0.39 is 0 Å². The Morgan fingerprint density at radius 2 is 2.19 bits per heavy atom. The molecule has 1 aliphatic heterocycles. The van der Waals surface area contributed by atoms with E-state index in [0.717, 1.165) is 31.4 Å². The molecular weight excluding hydrogens is 204 g/mol. The van der Waals surface area contributed by atoms with Crippen molar-refractivity contribution in [3.63, 3.8) is 0 Å². The number of hydrogen-bond acceptors (Lipinski definition) is 2. The Kier molecular flexibility index (Phi) is 2.90. The third-order valence-electron chi connectivity index (χ3n) is 2.89. The van der Waals surface area contributed by atoms with Gasteiger partial charge in [-0.05, 0) is 25.0 Å². The zero-order valence-corrected chi connectivity index (χ0v) is 9.19. The summed E-state index contributed by atoms with van der Waals surface area (Å²) in [6, 6.07) is 5.22. The molecule has 0 aromatic heterocycles. The van der Waals surface area contributed by atoms with Crippen LogP contribution in [0.15, 0.2) is 18.2 Å². The van der Waals surface area contributed by atoms with E-state index in [1.807, 2.05) is 6.92 Å². The zero-order chi connectivity index (χ0) is 11.5. The molecule has 2 rings (SSSR count). The molecule has 0 saturated carbocycles. The normalized spacial score (nSPS) is 14.2. The number of carbonyl (C=O) groups excluding carboxylic acids is 2. The summed E-state index contributed by atoms with van der Waals surface area (Å²) in [5, 5.41) is 2.81. The fourth-order valence-corrected chi connectivity index (χ4v) is 1.63. The summed E-state index contributed by atoms with van der Waals surface area (Å²) in [6.07, 6.45) is 1.87. The Hall–Kier alpha value is -1.84. The van der Waals surface area contributed by atoms with E-state index in [-0.39, 0.29) is 6.03 Å². The van der Waals surface area contributed by atoms with E-state index in [4.69, 9.17) is 0 Å². The number of anilines is 1. The van der Waals surface area contributed by atoms with Gasteiger partial charge in [0.25, 0.3) is 0 Å². The van der Waals surface area contributed by atoms with Gasteiger partial charge in [0, 0.05) is 24.3 Å². The quantitative estimate of drug-likeness (QED) is 0.772. The molecule has 1 N–H and O–H groups in total. The minimum absolute atomic E-state index is 0.0857. The van der Waals surface area contributed by atoms with Crippen LogP contribution in [0.4, 0.5) is 10.5 Å². The minimum atomic E-state index is -0.0857. The van der Waals surface area contributed by atoms with Crippen molar-refractivity contribution in [3.05, 3.63) is 29.3 Å². The first-order valence-corrected chi connectivity index (χ1v) is 5.33. The molecule has 0 radical (unpaired) electrons. The molecule has 1 saturated heterocycles. The van der Waals surface area contributed by atoms with Gasteiger partial charge in [-0.25, -0.2) is 4.79 Å². The highest BCUT2D eigenvalue weighted by molar-refractivity contribution is 5.92. The number of urea groups is 1. The summed E-state index contributed by atoms with van der Waals surface area (Å²) in [5.74, 6) is 0. The first-order valence-electron chi connectivity index (χ1n) is 5.33. The molecule has 1 fully saturated rings. The van der Waals surface area contributed by atoms with Gasteiger partial charge in [-0.2, -0.15) is 0 Å². The lowest BCUT2D eigenvalue weighted by atomic mass is 10.1. The maximum atomic E-state index is 11.7. The van der Waals surface area contributed by atoms with Gasteiger partial charge < -0.3 is 10.2 Å². The van der Waals surface area contributed by atoms with Crippen molar-refractivity contribution in [2.24, 2.45) is 0 Å². The summed E-state index contributed by atoms with van der Waals surface area (Å²) < 4.78 is 0. The topological polar surface area (TPSA) is 49.4 Å². The third-order valence-corrected chi connectivity index (χ3v) is 2.89. The first kappa shape index (κ1) is 10.7. The van der Waals surface area contributed by atoms with Crippen molar-refractivity contribution in [2.75, 3.05) is 18.4 Å². The lowest BCUT2D eigenvalue weighted by molar-refractivity contribution is 0.112. The summed E-state index contributed by atoms with van der Waals surface area (Å²) in [4.78, 5) is 24.2. The molecule has 1 aromatic rings. The molecule has 0 atom stereocenters. The summed E-state index contributed by atoms with van der Waals surface area (Å²) in [7, 11) is 0. The molecule has 0 bridgehead atoms. The first-order chi connectivity index (χ1) is 7.72. The molecule has 0 aliphatic carbocycles. The highest BCUT2D eigenvalue weighted by Crippen LogP contribution is 2.19. The van der Waals surface area contributed by atoms with E-state index in [1.165, 1.54) is 0 Å². The predicted molar refractivity (Wildman–Crippen MR) is 61.8 cm³/mol. The fourth-order valence-electron chi connectivity index (χ4n) is 1.63. The fraction of sp³-hybridized carbons (Fsp3) is 0.333. The Balaban J connectivity index is 2.14. The number of rotatable bonds is 2. The van der Waals surface area contributed by atoms with Crippen LogP contribution in [0, 0.1) is 6.92 Å². The number of benzene rings is 1. The van der Waals surface area contributed by atoms with Crippen LogP contribution in [0.5, 0.6) is 0 Å². The highest BCUT2D eigenvalue weighted by atomic mass is 16.2. The lowest BCUT2D eigenvalue weighted by Gasteiger charge is -2.31. The Morgan fingerprint density at radius 1 is 1.44 bits per heavy atom. The molecule has 0 unspecified atom stereocenters. The molecule has 16 heavy (non-hydrogen) atoms. The SMILES string of the molecule is Cc1c(C=O)cccc1NC(=O)N1CCC1. The molecule has 4 nitrogen and oxygen atoms in total. The second kappa shape index (κ2) is 4.35. The number of carbonyl (C=O) groups is 2. The average molecular weight is 218 g/mol. The number of hydrogen-bond donors (Lipinski definition) is 1. The zero-order valence-electron chi connectivity index (χ0n) is 9.19. The molecule has 4 heteroatoms. The maximum Gasteiger partial charge on any atom is 0.321 e. The monoisotopic (exact) mass is 218 g/mol. The third kappa shape index (κ3) is 1.91. The van der Waals surface area contributed by atoms with Crippen molar-refractivity contribution in [3.8, 4) is 0 Å². The van der Waals surface area contributed by atoms with Crippen molar-refractivity contribution >= 4 is 18.0 Å². The van der Waals surface area contributed by atoms with Gasteiger partial charge in [0.1, 0.15) is 6.29 Å². The van der Waals surface area contributed by atoms with Crippen LogP contribution >= 0.6 is 0 Å². The summed E-state index contributed by atoms with van der Waals surface area (Å²) in [6.45, 7) is 3.46. The number of likely N-dealkylation sites (tertiary alicyclic amines) is 1. The van der Waals surface area contributed by atoms with Gasteiger partial charge >= 0.3 is 6.03 Å². The van der Waals surface area contributed by atoms with Gasteiger partial charge in [-0.3, -0.25) is 4.79 Å². The van der Waals surface area contributed by atoms with Crippen LogP contribution in [-0.4, -0.2) is 30.3 Å². The van der Waals surface area contributed by atoms with Crippen LogP contribution in [0.2, 0.25) is 0 Å². The molecular formula is C12H14N2O2. The molecule has 84 valence electrons. The molecule has 1 aromatic carbocycles. The van der Waals surface area contributed by atoms with E-state index in [1.54, 1.807) is 23.1 Å².